The van der Waals surface area contributed by atoms with E-state index in [-0.39, 0.29) is 38.3 Å². The number of nitrogens with two attached hydrogens (primary N) is 2. The highest BCUT2D eigenvalue weighted by Crippen LogP contribution is 2.33. The van der Waals surface area contributed by atoms with Gasteiger partial charge in [0.25, 0.3) is 5.91 Å². The molecular formula is C18H33N3O8. The van der Waals surface area contributed by atoms with E-state index in [4.69, 9.17) is 25.7 Å². The summed E-state index contributed by atoms with van der Waals surface area (Å²) in [6, 6.07) is -1.58. The van der Waals surface area contributed by atoms with E-state index in [0.717, 1.165) is 0 Å². The van der Waals surface area contributed by atoms with Gasteiger partial charge in [0.2, 0.25) is 0 Å². The van der Waals surface area contributed by atoms with Gasteiger partial charge in [0.15, 0.2) is 6.29 Å². The van der Waals surface area contributed by atoms with Crippen molar-refractivity contribution in [1.82, 2.24) is 5.32 Å². The van der Waals surface area contributed by atoms with Gasteiger partial charge in [0, 0.05) is 38.5 Å². The Balaban J connectivity index is 1.73. The Morgan fingerprint density at radius 3 is 2.38 bits per heavy atom. The maximum absolute atomic E-state index is 12.6. The zero-order valence-electron chi connectivity index (χ0n) is 16.7. The molecule has 0 spiro atoms. The van der Waals surface area contributed by atoms with Gasteiger partial charge in [-0.15, -0.1) is 0 Å². The maximum Gasteiger partial charge on any atom is 0.252 e. The van der Waals surface area contributed by atoms with Gasteiger partial charge < -0.3 is 51.4 Å². The van der Waals surface area contributed by atoms with Crippen molar-refractivity contribution in [2.75, 3.05) is 13.7 Å². The highest BCUT2D eigenvalue weighted by atomic mass is 16.7. The normalized spacial score (nSPS) is 50.6. The van der Waals surface area contributed by atoms with E-state index in [1.807, 2.05) is 0 Å². The second kappa shape index (κ2) is 8.33. The van der Waals surface area contributed by atoms with Crippen molar-refractivity contribution in [3.05, 3.63) is 0 Å². The largest absolute Gasteiger partial charge is 0.388 e. The number of carbonyl (C=O) groups excluding carboxylic acids is 1. The van der Waals surface area contributed by atoms with Crippen LogP contribution in [0.25, 0.3) is 0 Å². The first kappa shape index (κ1) is 22.8. The fourth-order valence-corrected chi connectivity index (χ4v) is 4.43. The smallest absolute Gasteiger partial charge is 0.252 e. The van der Waals surface area contributed by atoms with E-state index >= 15 is 0 Å². The molecule has 0 aromatic heterocycles. The molecular weight excluding hydrogens is 386 g/mol. The highest BCUT2D eigenvalue weighted by Gasteiger charge is 2.51. The van der Waals surface area contributed by atoms with Crippen LogP contribution in [0.1, 0.15) is 32.6 Å². The zero-order chi connectivity index (χ0) is 21.6. The van der Waals surface area contributed by atoms with Gasteiger partial charge in [-0.05, 0) is 13.3 Å². The van der Waals surface area contributed by atoms with Crippen molar-refractivity contribution in [2.24, 2.45) is 11.5 Å². The van der Waals surface area contributed by atoms with Crippen LogP contribution in [-0.2, 0) is 19.0 Å². The van der Waals surface area contributed by atoms with Crippen molar-refractivity contribution < 1.29 is 39.4 Å². The molecule has 0 bridgehead atoms. The van der Waals surface area contributed by atoms with E-state index in [0.29, 0.717) is 0 Å². The maximum atomic E-state index is 12.6. The summed E-state index contributed by atoms with van der Waals surface area (Å²) in [6.45, 7) is 1.48. The minimum atomic E-state index is -1.56. The zero-order valence-corrected chi connectivity index (χ0v) is 16.7. The molecule has 29 heavy (non-hydrogen) atoms. The minimum Gasteiger partial charge on any atom is -0.388 e. The van der Waals surface area contributed by atoms with Gasteiger partial charge in [-0.25, -0.2) is 0 Å². The number of hydrogen-bond acceptors (Lipinski definition) is 10. The first-order chi connectivity index (χ1) is 13.5. The molecule has 2 saturated carbocycles. The number of aliphatic hydroxyl groups is 4. The lowest BCUT2D eigenvalue weighted by Crippen LogP contribution is -2.68. The molecule has 0 radical (unpaired) electrons. The molecule has 1 heterocycles. The lowest BCUT2D eigenvalue weighted by atomic mass is 9.75. The van der Waals surface area contributed by atoms with Crippen LogP contribution in [0.2, 0.25) is 0 Å². The quantitative estimate of drug-likeness (QED) is 0.237. The molecule has 3 fully saturated rings. The molecule has 3 rings (SSSR count). The summed E-state index contributed by atoms with van der Waals surface area (Å²) in [5, 5.41) is 44.2. The fourth-order valence-electron chi connectivity index (χ4n) is 4.43. The summed E-state index contributed by atoms with van der Waals surface area (Å²) < 4.78 is 16.6. The van der Waals surface area contributed by atoms with Crippen molar-refractivity contribution in [2.45, 2.75) is 92.6 Å². The van der Waals surface area contributed by atoms with Gasteiger partial charge in [0.1, 0.15) is 30.0 Å². The average Bonchev–Trinajstić information content (AvgIpc) is 2.58. The average molecular weight is 419 g/mol. The number of nitrogens with one attached hydrogen (secondary N) is 1. The molecule has 0 aromatic carbocycles. The molecule has 11 heteroatoms. The van der Waals surface area contributed by atoms with E-state index in [9.17, 15) is 25.2 Å². The number of hydrogen-bond donors (Lipinski definition) is 7. The number of carbonyl (C=O) groups is 1. The predicted molar refractivity (Wildman–Crippen MR) is 99.3 cm³/mol. The molecule has 1 saturated heterocycles. The molecule has 0 unspecified atom stereocenters. The number of methoxy groups -OCH3 is 1. The Morgan fingerprint density at radius 1 is 1.17 bits per heavy atom. The lowest BCUT2D eigenvalue weighted by molar-refractivity contribution is -0.290. The number of amides is 1. The fraction of sp³-hybridized carbons (Fsp3) is 0.944. The topological polar surface area (TPSA) is 190 Å². The van der Waals surface area contributed by atoms with Crippen LogP contribution >= 0.6 is 0 Å². The molecule has 11 nitrogen and oxygen atoms in total. The first-order valence-electron chi connectivity index (χ1n) is 9.88. The first-order valence-corrected chi connectivity index (χ1v) is 9.88. The predicted octanol–water partition coefficient (Wildman–Crippen LogP) is -3.33. The Labute approximate surface area is 169 Å². The van der Waals surface area contributed by atoms with E-state index in [1.54, 1.807) is 0 Å². The summed E-state index contributed by atoms with van der Waals surface area (Å²) in [7, 11) is 1.41. The summed E-state index contributed by atoms with van der Waals surface area (Å²) in [4.78, 5) is 12.6. The van der Waals surface area contributed by atoms with Gasteiger partial charge in [-0.3, -0.25) is 4.79 Å². The standard InChI is InChI=1S/C18H33N3O8/c1-17(25)6-11(22)15(28-7-17)29-14-10(3-9(20)13(27-2)12(14)23)21-16(24)18(26)4-8(19)5-18/h8-15,22-23,25-26H,3-7,19-20H2,1-2H3,(H,21,24)/t8?,9-,10+,11+,12-,13+,14-,15+,17+,18?/m0/s1. The molecule has 1 amide bonds. The Morgan fingerprint density at radius 2 is 1.83 bits per heavy atom. The number of rotatable bonds is 5. The van der Waals surface area contributed by atoms with Crippen LogP contribution < -0.4 is 16.8 Å². The van der Waals surface area contributed by atoms with Crippen LogP contribution in [-0.4, -0.2) is 100 Å². The third kappa shape index (κ3) is 4.73. The van der Waals surface area contributed by atoms with E-state index in [1.165, 1.54) is 14.0 Å². The third-order valence-electron chi connectivity index (χ3n) is 6.04. The minimum absolute atomic E-state index is 0.0301. The summed E-state index contributed by atoms with van der Waals surface area (Å²) in [5.74, 6) is -0.610. The van der Waals surface area contributed by atoms with E-state index in [2.05, 4.69) is 5.32 Å². The summed E-state index contributed by atoms with van der Waals surface area (Å²) >= 11 is 0. The van der Waals surface area contributed by atoms with Gasteiger partial charge in [-0.2, -0.15) is 0 Å². The Bertz CT molecular complexity index is 600. The van der Waals surface area contributed by atoms with Gasteiger partial charge in [0.05, 0.1) is 18.2 Å². The molecule has 8 atom stereocenters. The number of ether oxygens (including phenoxy) is 3. The van der Waals surface area contributed by atoms with E-state index < -0.39 is 59.9 Å². The van der Waals surface area contributed by atoms with Crippen molar-refractivity contribution in [3.63, 3.8) is 0 Å². The van der Waals surface area contributed by atoms with Gasteiger partial charge in [-0.1, -0.05) is 0 Å². The highest BCUT2D eigenvalue weighted by molar-refractivity contribution is 5.86. The summed E-state index contributed by atoms with van der Waals surface area (Å²) in [5.41, 5.74) is 9.03. The second-order valence-corrected chi connectivity index (χ2v) is 8.92. The molecule has 3 aliphatic rings. The van der Waals surface area contributed by atoms with Crippen molar-refractivity contribution in [1.29, 1.82) is 0 Å². The van der Waals surface area contributed by atoms with Crippen LogP contribution in [0.4, 0.5) is 0 Å². The summed E-state index contributed by atoms with van der Waals surface area (Å²) in [6.07, 6.45) is -4.69. The van der Waals surface area contributed by atoms with Gasteiger partial charge >= 0.3 is 0 Å². The van der Waals surface area contributed by atoms with Crippen molar-refractivity contribution >= 4 is 5.91 Å². The Kier molecular flexibility index (Phi) is 6.54. The molecule has 9 N–H and O–H groups in total. The van der Waals surface area contributed by atoms with Crippen molar-refractivity contribution in [3.8, 4) is 0 Å². The van der Waals surface area contributed by atoms with Crippen LogP contribution in [0, 0.1) is 0 Å². The van der Waals surface area contributed by atoms with Crippen LogP contribution in [0.3, 0.4) is 0 Å². The molecule has 168 valence electrons. The monoisotopic (exact) mass is 419 g/mol. The molecule has 2 aliphatic carbocycles. The lowest BCUT2D eigenvalue weighted by Gasteiger charge is -2.47. The van der Waals surface area contributed by atoms with Crippen LogP contribution in [0.15, 0.2) is 0 Å². The third-order valence-corrected chi connectivity index (χ3v) is 6.04. The SMILES string of the molecule is CO[C@H]1[C@H](O)[C@@H](O[C@H]2OC[C@](C)(O)C[C@H]2O)[C@H](NC(=O)C2(O)CC(N)C2)C[C@@H]1N. The molecule has 0 aromatic rings. The Hall–Kier alpha value is -0.890. The van der Waals surface area contributed by atoms with Crippen LogP contribution in [0.5, 0.6) is 0 Å². The second-order valence-electron chi connectivity index (χ2n) is 8.92. The number of aliphatic hydroxyl groups excluding tert-OH is 2. The molecule has 1 aliphatic heterocycles.